The van der Waals surface area contributed by atoms with E-state index in [2.05, 4.69) is 26.9 Å². The standard InChI is InChI=1S/C19H22N4OS/c1-12(18(24)22-11-10-13-4-2-3-5-16(13)22)25-19-21-20-17(14-6-7-14)23(19)15-8-9-15/h2-5,12,14-15H,6-11H2,1H3/t12-/m0/s1. The highest BCUT2D eigenvalue weighted by Crippen LogP contribution is 2.46. The average molecular weight is 354 g/mol. The van der Waals surface area contributed by atoms with Crippen LogP contribution in [0.1, 0.15) is 56.0 Å². The van der Waals surface area contributed by atoms with Gasteiger partial charge >= 0.3 is 0 Å². The van der Waals surface area contributed by atoms with Gasteiger partial charge in [-0.05, 0) is 50.7 Å². The Balaban J connectivity index is 1.36. The number of carbonyl (C=O) groups is 1. The van der Waals surface area contributed by atoms with Crippen LogP contribution in [0.2, 0.25) is 0 Å². The number of anilines is 1. The van der Waals surface area contributed by atoms with E-state index in [4.69, 9.17) is 0 Å². The lowest BCUT2D eigenvalue weighted by Gasteiger charge is -2.21. The maximum Gasteiger partial charge on any atom is 0.240 e. The van der Waals surface area contributed by atoms with Crippen molar-refractivity contribution in [3.05, 3.63) is 35.7 Å². The number of rotatable bonds is 5. The summed E-state index contributed by atoms with van der Waals surface area (Å²) in [6.45, 7) is 2.78. The molecule has 1 aromatic heterocycles. The molecule has 6 heteroatoms. The van der Waals surface area contributed by atoms with Gasteiger partial charge in [0, 0.05) is 24.2 Å². The monoisotopic (exact) mass is 354 g/mol. The molecule has 3 aliphatic rings. The van der Waals surface area contributed by atoms with E-state index in [1.54, 1.807) is 11.8 Å². The Kier molecular flexibility index (Phi) is 3.62. The summed E-state index contributed by atoms with van der Waals surface area (Å²) in [4.78, 5) is 14.9. The minimum atomic E-state index is -0.153. The molecule has 1 aromatic carbocycles. The van der Waals surface area contributed by atoms with Gasteiger partial charge in [-0.25, -0.2) is 0 Å². The van der Waals surface area contributed by atoms with Gasteiger partial charge in [-0.3, -0.25) is 4.79 Å². The minimum Gasteiger partial charge on any atom is -0.311 e. The Morgan fingerprint density at radius 2 is 2.00 bits per heavy atom. The van der Waals surface area contributed by atoms with Crippen LogP contribution >= 0.6 is 11.8 Å². The number of amides is 1. The zero-order chi connectivity index (χ0) is 17.0. The Hall–Kier alpha value is -1.82. The molecule has 1 amide bonds. The third kappa shape index (κ3) is 2.76. The number of hydrogen-bond acceptors (Lipinski definition) is 4. The van der Waals surface area contributed by atoms with Crippen molar-refractivity contribution in [2.45, 2.75) is 61.4 Å². The number of hydrogen-bond donors (Lipinski definition) is 0. The third-order valence-electron chi connectivity index (χ3n) is 5.33. The van der Waals surface area contributed by atoms with Crippen LogP contribution < -0.4 is 4.90 Å². The summed E-state index contributed by atoms with van der Waals surface area (Å²) in [6.07, 6.45) is 5.84. The molecular weight excluding hydrogens is 332 g/mol. The molecule has 0 N–H and O–H groups in total. The lowest BCUT2D eigenvalue weighted by Crippen LogP contribution is -2.35. The molecule has 2 saturated carbocycles. The highest BCUT2D eigenvalue weighted by molar-refractivity contribution is 8.00. The molecule has 5 rings (SSSR count). The van der Waals surface area contributed by atoms with E-state index in [0.29, 0.717) is 12.0 Å². The molecule has 2 heterocycles. The topological polar surface area (TPSA) is 51.0 Å². The van der Waals surface area contributed by atoms with Gasteiger partial charge in [0.1, 0.15) is 5.82 Å². The normalized spacial score (nSPS) is 20.6. The molecule has 0 bridgehead atoms. The second-order valence-corrected chi connectivity index (χ2v) is 8.65. The van der Waals surface area contributed by atoms with E-state index in [1.807, 2.05) is 24.0 Å². The largest absolute Gasteiger partial charge is 0.311 e. The minimum absolute atomic E-state index is 0.153. The first-order chi connectivity index (χ1) is 12.2. The number of para-hydroxylation sites is 1. The maximum absolute atomic E-state index is 13.0. The Bertz CT molecular complexity index is 825. The number of carbonyl (C=O) groups excluding carboxylic acids is 1. The number of fused-ring (bicyclic) bond motifs is 1. The van der Waals surface area contributed by atoms with Crippen LogP contribution in [0.15, 0.2) is 29.4 Å². The highest BCUT2D eigenvalue weighted by atomic mass is 32.2. The van der Waals surface area contributed by atoms with Crippen LogP contribution in [-0.4, -0.2) is 32.5 Å². The number of nitrogens with zero attached hydrogens (tertiary/aromatic N) is 4. The van der Waals surface area contributed by atoms with Crippen molar-refractivity contribution in [3.8, 4) is 0 Å². The molecule has 2 aliphatic carbocycles. The lowest BCUT2D eigenvalue weighted by molar-refractivity contribution is -0.117. The van der Waals surface area contributed by atoms with Crippen molar-refractivity contribution in [2.75, 3.05) is 11.4 Å². The van der Waals surface area contributed by atoms with Crippen molar-refractivity contribution in [3.63, 3.8) is 0 Å². The number of aromatic nitrogens is 3. The summed E-state index contributed by atoms with van der Waals surface area (Å²) < 4.78 is 2.32. The first-order valence-electron chi connectivity index (χ1n) is 9.23. The van der Waals surface area contributed by atoms with E-state index in [-0.39, 0.29) is 11.2 Å². The Labute approximate surface area is 151 Å². The molecule has 5 nitrogen and oxygen atoms in total. The fourth-order valence-electron chi connectivity index (χ4n) is 3.66. The van der Waals surface area contributed by atoms with E-state index < -0.39 is 0 Å². The maximum atomic E-state index is 13.0. The predicted octanol–water partition coefficient (Wildman–Crippen LogP) is 3.56. The van der Waals surface area contributed by atoms with Crippen LogP contribution in [0.5, 0.6) is 0 Å². The molecule has 0 unspecified atom stereocenters. The van der Waals surface area contributed by atoms with E-state index in [1.165, 1.54) is 31.2 Å². The first kappa shape index (κ1) is 15.4. The van der Waals surface area contributed by atoms with E-state index in [9.17, 15) is 4.79 Å². The van der Waals surface area contributed by atoms with Crippen LogP contribution in [0, 0.1) is 0 Å². The van der Waals surface area contributed by atoms with Gasteiger partial charge in [0.25, 0.3) is 0 Å². The summed E-state index contributed by atoms with van der Waals surface area (Å²) in [5, 5.41) is 9.67. The molecule has 1 aliphatic heterocycles. The number of benzene rings is 1. The molecule has 25 heavy (non-hydrogen) atoms. The average Bonchev–Trinajstić information content (AvgIpc) is 3.56. The molecule has 0 radical (unpaired) electrons. The molecule has 2 aromatic rings. The quantitative estimate of drug-likeness (QED) is 0.771. The summed E-state index contributed by atoms with van der Waals surface area (Å²) in [7, 11) is 0. The molecule has 130 valence electrons. The van der Waals surface area contributed by atoms with Gasteiger partial charge in [0.2, 0.25) is 5.91 Å². The van der Waals surface area contributed by atoms with Crippen LogP contribution in [0.25, 0.3) is 0 Å². The van der Waals surface area contributed by atoms with Crippen molar-refractivity contribution in [1.82, 2.24) is 14.8 Å². The summed E-state index contributed by atoms with van der Waals surface area (Å²) >= 11 is 1.57. The van der Waals surface area contributed by atoms with Gasteiger partial charge in [-0.15, -0.1) is 10.2 Å². The van der Waals surface area contributed by atoms with Crippen LogP contribution in [-0.2, 0) is 11.2 Å². The van der Waals surface area contributed by atoms with Gasteiger partial charge < -0.3 is 9.47 Å². The summed E-state index contributed by atoms with van der Waals surface area (Å²) in [5.41, 5.74) is 2.34. The van der Waals surface area contributed by atoms with E-state index in [0.717, 1.165) is 29.6 Å². The van der Waals surface area contributed by atoms with Gasteiger partial charge in [-0.2, -0.15) is 0 Å². The lowest BCUT2D eigenvalue weighted by atomic mass is 10.2. The van der Waals surface area contributed by atoms with Gasteiger partial charge in [0.05, 0.1) is 5.25 Å². The fourth-order valence-corrected chi connectivity index (χ4v) is 4.65. The first-order valence-corrected chi connectivity index (χ1v) is 10.1. The van der Waals surface area contributed by atoms with Gasteiger partial charge in [0.15, 0.2) is 5.16 Å². The predicted molar refractivity (Wildman–Crippen MR) is 98.1 cm³/mol. The van der Waals surface area contributed by atoms with Crippen molar-refractivity contribution in [1.29, 1.82) is 0 Å². The van der Waals surface area contributed by atoms with Crippen molar-refractivity contribution in [2.24, 2.45) is 0 Å². The van der Waals surface area contributed by atoms with E-state index >= 15 is 0 Å². The molecular formula is C19H22N4OS. The Morgan fingerprint density at radius 3 is 2.76 bits per heavy atom. The summed E-state index contributed by atoms with van der Waals surface area (Å²) in [6, 6.07) is 8.78. The molecule has 1 atom stereocenters. The fraction of sp³-hybridized carbons (Fsp3) is 0.526. The SMILES string of the molecule is C[C@H](Sc1nnc(C2CC2)n1C1CC1)C(=O)N1CCc2ccccc21. The molecule has 2 fully saturated rings. The second-order valence-electron chi connectivity index (χ2n) is 7.34. The summed E-state index contributed by atoms with van der Waals surface area (Å²) in [5.74, 6) is 1.92. The zero-order valence-corrected chi connectivity index (χ0v) is 15.2. The number of thioether (sulfide) groups is 1. The highest BCUT2D eigenvalue weighted by Gasteiger charge is 2.37. The van der Waals surface area contributed by atoms with Crippen molar-refractivity contribution < 1.29 is 4.79 Å². The molecule has 0 spiro atoms. The Morgan fingerprint density at radius 1 is 1.20 bits per heavy atom. The third-order valence-corrected chi connectivity index (χ3v) is 6.37. The molecule has 0 saturated heterocycles. The zero-order valence-electron chi connectivity index (χ0n) is 14.4. The van der Waals surface area contributed by atoms with Gasteiger partial charge in [-0.1, -0.05) is 30.0 Å². The van der Waals surface area contributed by atoms with Crippen LogP contribution in [0.3, 0.4) is 0 Å². The van der Waals surface area contributed by atoms with Crippen LogP contribution in [0.4, 0.5) is 5.69 Å². The second kappa shape index (κ2) is 5.87. The van der Waals surface area contributed by atoms with Crippen molar-refractivity contribution >= 4 is 23.4 Å². The smallest absolute Gasteiger partial charge is 0.240 e.